The van der Waals surface area contributed by atoms with E-state index in [1.165, 1.54) is 95.6 Å². The Morgan fingerprint density at radius 1 is 0.509 bits per heavy atom. The lowest BCUT2D eigenvalue weighted by Gasteiger charge is -2.48. The Balaban J connectivity index is 1.70. The van der Waals surface area contributed by atoms with Crippen LogP contribution in [0.3, 0.4) is 0 Å². The quantitative estimate of drug-likeness (QED) is 0.0312. The average molecular weight is 1640 g/mol. The van der Waals surface area contributed by atoms with Crippen molar-refractivity contribution in [3.05, 3.63) is 103 Å². The van der Waals surface area contributed by atoms with E-state index < -0.39 is 163 Å². The van der Waals surface area contributed by atoms with Crippen LogP contribution in [0, 0.1) is 41.4 Å². The lowest BCUT2D eigenvalue weighted by molar-refractivity contribution is -0.440. The van der Waals surface area contributed by atoms with E-state index in [1.807, 2.05) is 124 Å². The summed E-state index contributed by atoms with van der Waals surface area (Å²) in [7, 11) is 8.22. The summed E-state index contributed by atoms with van der Waals surface area (Å²) in [6.45, 7) is 30.5. The van der Waals surface area contributed by atoms with Crippen LogP contribution in [0.25, 0.3) is 0 Å². The van der Waals surface area contributed by atoms with Crippen molar-refractivity contribution in [2.45, 2.75) is 235 Å². The predicted octanol–water partition coefficient (Wildman–Crippen LogP) is 5.11. The van der Waals surface area contributed by atoms with Crippen LogP contribution in [-0.4, -0.2) is 266 Å². The summed E-state index contributed by atoms with van der Waals surface area (Å²) in [5, 5.41) is 35.9. The van der Waals surface area contributed by atoms with Gasteiger partial charge >= 0.3 is 0 Å². The van der Waals surface area contributed by atoms with Gasteiger partial charge < -0.3 is 71.1 Å². The highest BCUT2D eigenvalue weighted by Gasteiger charge is 2.47. The first-order chi connectivity index (χ1) is 54.5. The lowest BCUT2D eigenvalue weighted by Crippen LogP contribution is -2.66. The van der Waals surface area contributed by atoms with Crippen molar-refractivity contribution in [3.8, 4) is 0 Å². The van der Waals surface area contributed by atoms with Crippen LogP contribution in [0.1, 0.15) is 163 Å². The van der Waals surface area contributed by atoms with Crippen molar-refractivity contribution >= 4 is 94.1 Å². The molecule has 0 aliphatic carbocycles. The van der Waals surface area contributed by atoms with Gasteiger partial charge in [-0.1, -0.05) is 170 Å². The molecule has 1 heterocycles. The highest BCUT2D eigenvalue weighted by molar-refractivity contribution is 7.95. The van der Waals surface area contributed by atoms with Crippen molar-refractivity contribution < 1.29 is 67.4 Å². The van der Waals surface area contributed by atoms with E-state index in [0.717, 1.165) is 4.90 Å². The van der Waals surface area contributed by atoms with Crippen molar-refractivity contribution in [1.29, 1.82) is 0 Å². The Bertz CT molecular complexity index is 3620. The second kappa shape index (κ2) is 47.7. The number of amides is 12. The van der Waals surface area contributed by atoms with E-state index in [2.05, 4.69) is 68.3 Å². The topological polar surface area (TPSA) is 332 Å². The first-order valence-corrected chi connectivity index (χ1v) is 43.4. The summed E-state index contributed by atoms with van der Waals surface area (Å²) >= 11 is 0. The highest BCUT2D eigenvalue weighted by atomic mass is 31.2. The van der Waals surface area contributed by atoms with Gasteiger partial charge in [-0.15, -0.1) is 0 Å². The number of allylic oxidation sites excluding steroid dienone is 1. The number of rotatable bonds is 28. The molecule has 1 unspecified atom stereocenters. The summed E-state index contributed by atoms with van der Waals surface area (Å²) in [5.41, 5.74) is 0. The van der Waals surface area contributed by atoms with E-state index in [-0.39, 0.29) is 107 Å². The van der Waals surface area contributed by atoms with Gasteiger partial charge in [0.15, 0.2) is 0 Å². The van der Waals surface area contributed by atoms with Crippen molar-refractivity contribution in [1.82, 2.24) is 66.2 Å². The van der Waals surface area contributed by atoms with Crippen LogP contribution in [0.15, 0.2) is 103 Å². The molecule has 0 spiro atoms. The maximum atomic E-state index is 15.5. The SMILES string of the molecule is CC[C@@H]1NC(=O)[C@H]([C@H]([O-])[C@H](C)C/C=C/C(=O)NCCOCCNC(=O)CC[P+](c2ccccc2)(c2ccccc2)c2ccccc2)N(C)C(C)[C@H](C(C)C)N(C)C(=O)[C@H](CC(C)C)N(C)C(=O)[C@H](CC(C)C)N(C)C(=O)[C@@H](C)NC(=O)[C@H](C)NC(=O)[C@H](CC(C)C)N(C)C(=O)[C@H](C(C)C)NC(=O)[C@H](CC(C)C)N(C)C(=O)CN(C)C1=O. The number of likely N-dealkylation sites (N-methyl/N-ethyl adjacent to an activating group) is 7. The van der Waals surface area contributed by atoms with Crippen LogP contribution < -0.4 is 52.9 Å². The van der Waals surface area contributed by atoms with Crippen LogP contribution in [0.5, 0.6) is 0 Å². The van der Waals surface area contributed by atoms with Gasteiger partial charge in [0.1, 0.15) is 71.5 Å². The number of carbonyl (C=O) groups excluding carboxylic acids is 12. The zero-order valence-corrected chi connectivity index (χ0v) is 74.7. The fourth-order valence-corrected chi connectivity index (χ4v) is 19.5. The first-order valence-electron chi connectivity index (χ1n) is 41.5. The molecule has 646 valence electrons. The van der Waals surface area contributed by atoms with Gasteiger partial charge in [0.2, 0.25) is 70.9 Å². The smallest absolute Gasteiger partial charge is 0.245 e. The van der Waals surface area contributed by atoms with Crippen LogP contribution in [-0.2, 0) is 62.3 Å². The van der Waals surface area contributed by atoms with Crippen molar-refractivity contribution in [3.63, 3.8) is 0 Å². The number of nitrogens with one attached hydrogen (secondary N) is 6. The second-order valence-electron chi connectivity index (χ2n) is 33.9. The zero-order valence-electron chi connectivity index (χ0n) is 73.8. The average Bonchev–Trinajstić information content (AvgIpc) is 0.755. The molecule has 1 fully saturated rings. The Kier molecular flexibility index (Phi) is 41.0. The molecule has 4 rings (SSSR count). The third-order valence-electron chi connectivity index (χ3n) is 22.1. The number of benzene rings is 3. The standard InChI is InChI=1S/C88H140N13O14P/c1-25-68-85(111)95(18)54-75(104)97(20)69(50-55(2)3)82(108)94-76(59(10)11)88(114)98(21)70(51-56(4)5)81(107)91-62(15)80(106)92-63(16)84(110)99(22)71(52-57(6)7)86(112)100(23)72(53-58(8)9)87(113)101(24)77(60(12)13)64(17)96(19)78(83(109)93-68)79(105)61(14)36-35-43-73(102)89-45-47-115-48-46-90-74(103)44-49-116(65-37-29-26-30-38-65,66-39-31-27-32-40-66)67-41-33-28-34-42-67/h26-35,37-43,55-64,68-72,76-79H,25,36,44-54H2,1-24H3,(H,89,102)(H,90,103)(H,91,107)(H,92,106)(H,93,109)(H,94,108)/b43-35+/t61-,62+,63-,64?,68+,69+,70+,71+,72+,76+,77+,78+,79-/m1/s1. The molecule has 12 amide bonds. The number of hydrogen-bond donors (Lipinski definition) is 6. The summed E-state index contributed by atoms with van der Waals surface area (Å²) in [6.07, 6.45) is 2.66. The van der Waals surface area contributed by atoms with Crippen LogP contribution in [0.4, 0.5) is 0 Å². The number of carbonyl (C=O) groups is 12. The molecule has 1 aliphatic heterocycles. The van der Waals surface area contributed by atoms with E-state index in [1.54, 1.807) is 59.7 Å². The van der Waals surface area contributed by atoms with Gasteiger partial charge in [0, 0.05) is 67.5 Å². The van der Waals surface area contributed by atoms with Gasteiger partial charge in [0.05, 0.1) is 38.4 Å². The Morgan fingerprint density at radius 3 is 1.41 bits per heavy atom. The molecule has 6 N–H and O–H groups in total. The molecule has 3 aromatic rings. The molecule has 0 radical (unpaired) electrons. The molecule has 27 nitrogen and oxygen atoms in total. The van der Waals surface area contributed by atoms with Gasteiger partial charge in [-0.25, -0.2) is 0 Å². The summed E-state index contributed by atoms with van der Waals surface area (Å²) in [5.74, 6) is -9.43. The summed E-state index contributed by atoms with van der Waals surface area (Å²) in [6, 6.07) is 18.4. The molecule has 3 aromatic carbocycles. The van der Waals surface area contributed by atoms with E-state index in [4.69, 9.17) is 4.74 Å². The van der Waals surface area contributed by atoms with Crippen molar-refractivity contribution in [2.24, 2.45) is 41.4 Å². The minimum Gasteiger partial charge on any atom is -0.850 e. The molecule has 0 aromatic heterocycles. The number of nitrogens with zero attached hydrogens (tertiary/aromatic N) is 7. The molecule has 116 heavy (non-hydrogen) atoms. The Morgan fingerprint density at radius 2 is 0.940 bits per heavy atom. The largest absolute Gasteiger partial charge is 0.850 e. The summed E-state index contributed by atoms with van der Waals surface area (Å²) < 4.78 is 5.81. The van der Waals surface area contributed by atoms with Crippen LogP contribution >= 0.6 is 7.26 Å². The maximum Gasteiger partial charge on any atom is 0.245 e. The van der Waals surface area contributed by atoms with Gasteiger partial charge in [-0.2, -0.15) is 0 Å². The molecular weight excluding hydrogens is 1490 g/mol. The fraction of sp³-hybridized carbons (Fsp3) is 0.636. The highest BCUT2D eigenvalue weighted by Crippen LogP contribution is 2.55. The molecule has 28 heteroatoms. The maximum absolute atomic E-state index is 15.5. The van der Waals surface area contributed by atoms with Gasteiger partial charge in [-0.05, 0) is 144 Å². The number of ether oxygens (including phenoxy) is 1. The minimum atomic E-state index is -2.22. The lowest BCUT2D eigenvalue weighted by atomic mass is 9.88. The third-order valence-corrected chi connectivity index (χ3v) is 26.5. The summed E-state index contributed by atoms with van der Waals surface area (Å²) in [4.78, 5) is 184. The monoisotopic (exact) mass is 1630 g/mol. The van der Waals surface area contributed by atoms with Crippen LogP contribution in [0.2, 0.25) is 0 Å². The molecule has 0 saturated carbocycles. The third kappa shape index (κ3) is 28.3. The normalized spacial score (nSPS) is 23.6. The number of hydrogen-bond acceptors (Lipinski definition) is 15. The molecule has 0 bridgehead atoms. The molecule has 1 aliphatic rings. The fourth-order valence-electron chi connectivity index (χ4n) is 15.2. The van der Waals surface area contributed by atoms with E-state index in [9.17, 15) is 43.2 Å². The zero-order chi connectivity index (χ0) is 87.3. The minimum absolute atomic E-state index is 0.00708. The molecule has 13 atom stereocenters. The van der Waals surface area contributed by atoms with E-state index in [0.29, 0.717) is 6.16 Å². The Hall–Kier alpha value is -8.65. The van der Waals surface area contributed by atoms with Crippen molar-refractivity contribution in [2.75, 3.05) is 88.3 Å². The second-order valence-corrected chi connectivity index (χ2v) is 37.6. The molecular formula is C88H140N13O14P. The molecule has 1 saturated heterocycles. The van der Waals surface area contributed by atoms with Gasteiger partial charge in [-0.3, -0.25) is 62.4 Å². The van der Waals surface area contributed by atoms with E-state index >= 15 is 19.5 Å². The van der Waals surface area contributed by atoms with Gasteiger partial charge in [0.25, 0.3) is 0 Å². The predicted molar refractivity (Wildman–Crippen MR) is 456 cm³/mol. The first kappa shape index (κ1) is 99.7. The Labute approximate surface area is 692 Å².